The first-order valence-electron chi connectivity index (χ1n) is 6.70. The van der Waals surface area contributed by atoms with Crippen LogP contribution in [0.25, 0.3) is 0 Å². The highest BCUT2D eigenvalue weighted by atomic mass is 79.9. The van der Waals surface area contributed by atoms with Crippen LogP contribution in [0.2, 0.25) is 0 Å². The van der Waals surface area contributed by atoms with E-state index in [2.05, 4.69) is 15.9 Å². The van der Waals surface area contributed by atoms with Gasteiger partial charge in [0.05, 0.1) is 5.92 Å². The monoisotopic (exact) mass is 342 g/mol. The molecular weight excluding hydrogens is 324 g/mol. The van der Waals surface area contributed by atoms with E-state index < -0.39 is 11.9 Å². The summed E-state index contributed by atoms with van der Waals surface area (Å²) in [5.41, 5.74) is 0.647. The highest BCUT2D eigenvalue weighted by molar-refractivity contribution is 9.10. The molecule has 0 bridgehead atoms. The molecule has 1 aromatic rings. The second kappa shape index (κ2) is 5.60. The molecule has 0 saturated carbocycles. The predicted molar refractivity (Wildman–Crippen MR) is 78.7 cm³/mol. The lowest BCUT2D eigenvalue weighted by atomic mass is 9.87. The number of aliphatic carboxylic acids is 1. The number of hydrogen-bond donors (Lipinski definition) is 1. The van der Waals surface area contributed by atoms with Crippen LogP contribution < -0.4 is 0 Å². The Kier molecular flexibility index (Phi) is 4.22. The van der Waals surface area contributed by atoms with Gasteiger partial charge in [-0.2, -0.15) is 0 Å². The minimum Gasteiger partial charge on any atom is -0.481 e. The number of likely N-dealkylation sites (tertiary alicyclic amines) is 1. The fraction of sp³-hybridized carbons (Fsp3) is 0.571. The summed E-state index contributed by atoms with van der Waals surface area (Å²) in [6.07, 6.45) is 1.90. The van der Waals surface area contributed by atoms with E-state index in [1.165, 1.54) is 0 Å². The van der Waals surface area contributed by atoms with Crippen molar-refractivity contribution in [2.24, 2.45) is 11.8 Å². The van der Waals surface area contributed by atoms with Crippen molar-refractivity contribution in [3.63, 3.8) is 0 Å². The van der Waals surface area contributed by atoms with Crippen LogP contribution in [0.15, 0.2) is 16.7 Å². The average molecular weight is 343 g/mol. The maximum Gasteiger partial charge on any atom is 0.306 e. The van der Waals surface area contributed by atoms with E-state index in [1.807, 2.05) is 30.7 Å². The molecule has 1 aromatic heterocycles. The zero-order chi connectivity index (χ0) is 15.0. The van der Waals surface area contributed by atoms with E-state index >= 15 is 0 Å². The minimum absolute atomic E-state index is 0.0294. The first kappa shape index (κ1) is 15.1. The molecule has 2 heterocycles. The highest BCUT2D eigenvalue weighted by Crippen LogP contribution is 2.28. The molecule has 0 aliphatic carbocycles. The molecule has 1 aliphatic rings. The van der Waals surface area contributed by atoms with Crippen LogP contribution in [0.1, 0.15) is 37.3 Å². The van der Waals surface area contributed by atoms with Gasteiger partial charge in [0.15, 0.2) is 0 Å². The van der Waals surface area contributed by atoms with Crippen molar-refractivity contribution in [2.45, 2.75) is 26.8 Å². The van der Waals surface area contributed by atoms with Crippen LogP contribution in [0, 0.1) is 11.8 Å². The van der Waals surface area contributed by atoms with E-state index in [0.29, 0.717) is 18.8 Å². The van der Waals surface area contributed by atoms with Gasteiger partial charge in [-0.1, -0.05) is 6.92 Å². The van der Waals surface area contributed by atoms with Gasteiger partial charge in [0.25, 0.3) is 5.91 Å². The summed E-state index contributed by atoms with van der Waals surface area (Å²) in [6, 6.07) is 2.02. The van der Waals surface area contributed by atoms with E-state index in [0.717, 1.165) is 4.47 Å². The molecule has 2 rings (SSSR count). The fourth-order valence-electron chi connectivity index (χ4n) is 2.40. The first-order valence-corrected chi connectivity index (χ1v) is 7.50. The first-order chi connectivity index (χ1) is 9.31. The second-order valence-corrected chi connectivity index (χ2v) is 6.56. The number of carbonyl (C=O) groups excluding carboxylic acids is 1. The van der Waals surface area contributed by atoms with Gasteiger partial charge in [-0.05, 0) is 35.8 Å². The van der Waals surface area contributed by atoms with Gasteiger partial charge in [0.1, 0.15) is 5.69 Å². The van der Waals surface area contributed by atoms with Crippen molar-refractivity contribution < 1.29 is 14.7 Å². The Balaban J connectivity index is 2.06. The predicted octanol–water partition coefficient (Wildman–Crippen LogP) is 2.62. The number of aromatic nitrogens is 1. The average Bonchev–Trinajstić information content (AvgIpc) is 2.69. The Bertz CT molecular complexity index is 533. The smallest absolute Gasteiger partial charge is 0.306 e. The van der Waals surface area contributed by atoms with Gasteiger partial charge in [0, 0.05) is 35.7 Å². The molecule has 1 aliphatic heterocycles. The summed E-state index contributed by atoms with van der Waals surface area (Å²) in [4.78, 5) is 25.1. The minimum atomic E-state index is -0.796. The Labute approximate surface area is 126 Å². The molecule has 0 radical (unpaired) electrons. The van der Waals surface area contributed by atoms with Crippen LogP contribution in [0.3, 0.4) is 0 Å². The molecule has 1 N–H and O–H groups in total. The molecule has 6 heteroatoms. The van der Waals surface area contributed by atoms with E-state index in [-0.39, 0.29) is 17.9 Å². The molecule has 0 aromatic carbocycles. The number of rotatable bonds is 4. The summed E-state index contributed by atoms with van der Waals surface area (Å²) in [5, 5.41) is 8.97. The molecule has 1 unspecified atom stereocenters. The van der Waals surface area contributed by atoms with E-state index in [9.17, 15) is 9.59 Å². The van der Waals surface area contributed by atoms with Crippen LogP contribution in [0.4, 0.5) is 0 Å². The Morgan fingerprint density at radius 1 is 1.35 bits per heavy atom. The van der Waals surface area contributed by atoms with Crippen molar-refractivity contribution in [2.75, 3.05) is 13.1 Å². The second-order valence-electron chi connectivity index (χ2n) is 5.64. The lowest BCUT2D eigenvalue weighted by Crippen LogP contribution is -2.53. The SMILES string of the molecule is CC(C(=O)O)C1CN(C(=O)c2cc(Br)cn2C(C)C)C1. The number of halogens is 1. The van der Waals surface area contributed by atoms with Gasteiger partial charge in [-0.25, -0.2) is 0 Å². The maximum atomic E-state index is 12.4. The number of carbonyl (C=O) groups is 2. The number of nitrogens with zero attached hydrogens (tertiary/aromatic N) is 2. The number of carboxylic acid groups (broad SMARTS) is 1. The van der Waals surface area contributed by atoms with Gasteiger partial charge in [-0.15, -0.1) is 0 Å². The summed E-state index contributed by atoms with van der Waals surface area (Å²) < 4.78 is 2.81. The molecule has 110 valence electrons. The van der Waals surface area contributed by atoms with Gasteiger partial charge in [0.2, 0.25) is 0 Å². The largest absolute Gasteiger partial charge is 0.481 e. The molecule has 20 heavy (non-hydrogen) atoms. The topological polar surface area (TPSA) is 62.5 Å². The van der Waals surface area contributed by atoms with Gasteiger partial charge in [-0.3, -0.25) is 9.59 Å². The molecule has 0 spiro atoms. The summed E-state index contributed by atoms with van der Waals surface area (Å²) >= 11 is 3.39. The van der Waals surface area contributed by atoms with Gasteiger partial charge < -0.3 is 14.6 Å². The fourth-order valence-corrected chi connectivity index (χ4v) is 2.84. The summed E-state index contributed by atoms with van der Waals surface area (Å²) in [6.45, 7) is 6.78. The molecule has 5 nitrogen and oxygen atoms in total. The van der Waals surface area contributed by atoms with Crippen LogP contribution in [-0.2, 0) is 4.79 Å². The van der Waals surface area contributed by atoms with Crippen LogP contribution in [-0.4, -0.2) is 39.5 Å². The Morgan fingerprint density at radius 2 is 1.95 bits per heavy atom. The molecular formula is C14H19BrN2O3. The third kappa shape index (κ3) is 2.75. The van der Waals surface area contributed by atoms with Crippen LogP contribution in [0.5, 0.6) is 0 Å². The summed E-state index contributed by atoms with van der Waals surface area (Å²) in [5.74, 6) is -1.17. The van der Waals surface area contributed by atoms with Crippen molar-refractivity contribution in [1.82, 2.24) is 9.47 Å². The van der Waals surface area contributed by atoms with Gasteiger partial charge >= 0.3 is 5.97 Å². The number of hydrogen-bond acceptors (Lipinski definition) is 2. The quantitative estimate of drug-likeness (QED) is 0.914. The number of carboxylic acids is 1. The number of amides is 1. The maximum absolute atomic E-state index is 12.4. The van der Waals surface area contributed by atoms with Crippen molar-refractivity contribution >= 4 is 27.8 Å². The summed E-state index contributed by atoms with van der Waals surface area (Å²) in [7, 11) is 0. The molecule has 1 atom stereocenters. The van der Waals surface area contributed by atoms with Crippen LogP contribution >= 0.6 is 15.9 Å². The standard InChI is InChI=1S/C14H19BrN2O3/c1-8(2)17-7-11(15)4-12(17)13(18)16-5-10(6-16)9(3)14(19)20/h4,7-10H,5-6H2,1-3H3,(H,19,20). The zero-order valence-corrected chi connectivity index (χ0v) is 13.4. The normalized spacial score (nSPS) is 17.1. The molecule has 1 amide bonds. The zero-order valence-electron chi connectivity index (χ0n) is 11.8. The third-order valence-electron chi connectivity index (χ3n) is 3.88. The highest BCUT2D eigenvalue weighted by Gasteiger charge is 2.38. The Hall–Kier alpha value is -1.30. The van der Waals surface area contributed by atoms with Crippen molar-refractivity contribution in [1.29, 1.82) is 0 Å². The molecule has 1 saturated heterocycles. The Morgan fingerprint density at radius 3 is 2.45 bits per heavy atom. The van der Waals surface area contributed by atoms with Crippen molar-refractivity contribution in [3.05, 3.63) is 22.4 Å². The van der Waals surface area contributed by atoms with E-state index in [4.69, 9.17) is 5.11 Å². The lowest BCUT2D eigenvalue weighted by molar-refractivity contribution is -0.144. The lowest BCUT2D eigenvalue weighted by Gasteiger charge is -2.41. The van der Waals surface area contributed by atoms with Crippen molar-refractivity contribution in [3.8, 4) is 0 Å². The third-order valence-corrected chi connectivity index (χ3v) is 4.32. The molecule has 1 fully saturated rings. The van der Waals surface area contributed by atoms with E-state index in [1.54, 1.807) is 11.8 Å².